The van der Waals surface area contributed by atoms with Gasteiger partial charge in [-0.2, -0.15) is 0 Å². The van der Waals surface area contributed by atoms with Gasteiger partial charge in [-0.05, 0) is 103 Å². The molecule has 0 saturated heterocycles. The zero-order chi connectivity index (χ0) is 83.7. The molecular formula is C71H100B6N10O24. The lowest BCUT2D eigenvalue weighted by Crippen LogP contribution is -2.48. The van der Waals surface area contributed by atoms with Gasteiger partial charge >= 0.3 is 42.7 Å². The lowest BCUT2D eigenvalue weighted by atomic mass is 9.76. The Morgan fingerprint density at radius 1 is 0.324 bits per heavy atom. The Kier molecular flexibility index (Phi) is 48.8. The molecule has 0 unspecified atom stereocenters. The van der Waals surface area contributed by atoms with E-state index in [0.717, 1.165) is 45.9 Å². The smallest absolute Gasteiger partial charge is 0.426 e. The Balaban J connectivity index is 0.000000673. The highest BCUT2D eigenvalue weighted by atomic mass is 16.4. The van der Waals surface area contributed by atoms with E-state index in [1.807, 2.05) is 128 Å². The van der Waals surface area contributed by atoms with Gasteiger partial charge in [0.1, 0.15) is 11.6 Å². The van der Waals surface area contributed by atoms with Crippen LogP contribution in [0, 0.1) is 0 Å². The number of fused-ring (bicyclic) bond motifs is 1. The largest absolute Gasteiger partial charge is 0.476 e. The second-order valence-electron chi connectivity index (χ2n) is 25.1. The van der Waals surface area contributed by atoms with E-state index in [-0.39, 0.29) is 99.4 Å². The Morgan fingerprint density at radius 3 is 0.955 bits per heavy atom. The maximum atomic E-state index is 12.1. The van der Waals surface area contributed by atoms with Gasteiger partial charge in [0.25, 0.3) is 11.8 Å². The molecular weight excluding hydrogens is 1440 g/mol. The number of amides is 10. The van der Waals surface area contributed by atoms with Gasteiger partial charge in [-0.1, -0.05) is 147 Å². The van der Waals surface area contributed by atoms with Crippen LogP contribution in [0.25, 0.3) is 21.9 Å². The molecule has 6 atom stereocenters. The SMILES string of the molecule is CC(=O)C[C@H](NC(=O)c1ccc2ccccc2c1)B(O)O.CCC(=O)N[C@@H](CC(C)=O)B(O)O.CCCC(=O)N[C@H](CC(N)=O)B(O)O.NC(=O)C[C@@H](NC(=O)CCCc1ccccc1)B(O)O.NC(=O)C[C@@H](NC(=O)CCCc1ccccc1)B(O)O.NC(=O)C[C@@H](NC(=O)c1ccc(-c2ccccc2)cc1)B(O)O. The molecule has 0 fully saturated rings. The van der Waals surface area contributed by atoms with Crippen LogP contribution in [-0.2, 0) is 60.8 Å². The van der Waals surface area contributed by atoms with Gasteiger partial charge in [-0.25, -0.2) is 0 Å². The lowest BCUT2D eigenvalue weighted by Gasteiger charge is -2.16. The first kappa shape index (κ1) is 98.5. The number of carbonyl (C=O) groups is 12. The Labute approximate surface area is 644 Å². The van der Waals surface area contributed by atoms with Crippen molar-refractivity contribution in [2.45, 2.75) is 160 Å². The zero-order valence-electron chi connectivity index (χ0n) is 62.1. The highest BCUT2D eigenvalue weighted by Crippen LogP contribution is 2.20. The summed E-state index contributed by atoms with van der Waals surface area (Å²) in [6.45, 7) is 6.12. The second kappa shape index (κ2) is 55.0. The number of aryl methyl sites for hydroxylation is 2. The van der Waals surface area contributed by atoms with Gasteiger partial charge in [0.05, 0.1) is 35.6 Å². The Morgan fingerprint density at radius 2 is 0.613 bits per heavy atom. The van der Waals surface area contributed by atoms with Crippen molar-refractivity contribution in [1.29, 1.82) is 0 Å². The maximum Gasteiger partial charge on any atom is 0.476 e. The van der Waals surface area contributed by atoms with Crippen molar-refractivity contribution in [1.82, 2.24) is 31.9 Å². The molecule has 0 spiro atoms. The quantitative estimate of drug-likeness (QED) is 0.0173. The van der Waals surface area contributed by atoms with Crippen molar-refractivity contribution in [3.63, 3.8) is 0 Å². The van der Waals surface area contributed by atoms with Crippen LogP contribution in [0.1, 0.15) is 143 Å². The van der Waals surface area contributed by atoms with Crippen LogP contribution in [0.2, 0.25) is 0 Å². The van der Waals surface area contributed by atoms with Crippen LogP contribution in [-0.4, -0.2) is 209 Å². The number of primary amides is 4. The standard InChI is InChI=1S/C16H17BN2O4.C15H16BNO4.2C13H19BN2O4.C7H15BN2O4.C7H14BNO4/c18-15(20)10-14(17(22)23)19-16(21)13-8-6-12(7-9-13)11-4-2-1-3-5-11;1-10(18)8-14(16(20)21)17-15(19)13-7-6-11-4-2-3-5-12(11)9-13;2*15-12(17)9-11(14(19)20)16-13(18)8-4-7-10-5-2-1-3-6-10;1-2-3-7(12)10-5(8(13)14)4-6(9)11;1-3-7(11)9-6(8(12)13)4-5(2)10/h1-9,14,22-23H,10H2,(H2,18,20)(H,19,21);2-7,9,14,20-21H,8H2,1H3,(H,17,19);2*1-3,5-6,11,19-20H,4,7-9H2,(H2,15,17)(H,16,18);5,13-14H,2-4H2,1H3,(H2,9,11)(H,10,12);6,12-13H,3-4H2,1-2H3,(H,9,11)/t2*14-;2*11-;5-;6-/m101110/s1. The number of nitrogens with one attached hydrogen (secondary N) is 6. The van der Waals surface area contributed by atoms with E-state index in [1.54, 1.807) is 43.3 Å². The number of nitrogens with two attached hydrogens (primary N) is 4. The second-order valence-corrected chi connectivity index (χ2v) is 25.1. The van der Waals surface area contributed by atoms with E-state index in [0.29, 0.717) is 30.4 Å². The molecule has 6 aromatic carbocycles. The molecule has 0 aromatic heterocycles. The number of rotatable bonds is 38. The number of carbonyl (C=O) groups excluding carboxylic acids is 12. The molecule has 0 aliphatic heterocycles. The summed E-state index contributed by atoms with van der Waals surface area (Å²) >= 11 is 0. The fourth-order valence-electron chi connectivity index (χ4n) is 9.72. The summed E-state index contributed by atoms with van der Waals surface area (Å²) in [7, 11) is -10.7. The minimum absolute atomic E-state index is 0.0661. The van der Waals surface area contributed by atoms with E-state index in [4.69, 9.17) is 63.1 Å². The number of hydrogen-bond donors (Lipinski definition) is 22. The predicted octanol–water partition coefficient (Wildman–Crippen LogP) is -2.94. The summed E-state index contributed by atoms with van der Waals surface area (Å²) in [5.41, 5.74) is 24.8. The summed E-state index contributed by atoms with van der Waals surface area (Å²) < 4.78 is 0. The first-order valence-corrected chi connectivity index (χ1v) is 35.2. The molecule has 6 rings (SSSR count). The van der Waals surface area contributed by atoms with Crippen molar-refractivity contribution in [3.8, 4) is 11.1 Å². The average molecular weight is 1540 g/mol. The van der Waals surface area contributed by atoms with E-state index >= 15 is 0 Å². The first-order valence-electron chi connectivity index (χ1n) is 35.2. The third-order valence-electron chi connectivity index (χ3n) is 15.4. The van der Waals surface area contributed by atoms with Crippen molar-refractivity contribution in [3.05, 3.63) is 180 Å². The van der Waals surface area contributed by atoms with Crippen molar-refractivity contribution in [2.75, 3.05) is 0 Å². The summed E-state index contributed by atoms with van der Waals surface area (Å²) in [4.78, 5) is 134. The minimum Gasteiger partial charge on any atom is -0.426 e. The van der Waals surface area contributed by atoms with Crippen molar-refractivity contribution in [2.24, 2.45) is 22.9 Å². The van der Waals surface area contributed by atoms with E-state index in [1.165, 1.54) is 13.8 Å². The monoisotopic (exact) mass is 1540 g/mol. The van der Waals surface area contributed by atoms with Gasteiger partial charge in [0.2, 0.25) is 47.3 Å². The first-order chi connectivity index (χ1) is 52.3. The fourth-order valence-corrected chi connectivity index (χ4v) is 9.72. The number of benzene rings is 6. The number of Topliss-reactive ketones (excluding diaryl/α,β-unsaturated/α-hetero) is 2. The summed E-state index contributed by atoms with van der Waals surface area (Å²) in [5.74, 6) is -11.7. The molecule has 0 radical (unpaired) electrons. The third kappa shape index (κ3) is 45.3. The Bertz CT molecular complexity index is 3760. The maximum absolute atomic E-state index is 12.1. The molecule has 596 valence electrons. The van der Waals surface area contributed by atoms with Gasteiger partial charge in [-0.15, -0.1) is 0 Å². The van der Waals surface area contributed by atoms with Gasteiger partial charge in [-0.3, -0.25) is 57.5 Å². The van der Waals surface area contributed by atoms with Gasteiger partial charge < -0.3 is 115 Å². The van der Waals surface area contributed by atoms with Crippen molar-refractivity contribution >= 4 is 124 Å². The summed E-state index contributed by atoms with van der Waals surface area (Å²) in [6, 6.07) is 48.8. The van der Waals surface area contributed by atoms with Crippen LogP contribution in [0.4, 0.5) is 0 Å². The topological polar surface area (TPSA) is 624 Å². The summed E-state index contributed by atoms with van der Waals surface area (Å²) in [5, 5.41) is 124. The van der Waals surface area contributed by atoms with Crippen molar-refractivity contribution < 1.29 is 118 Å². The molecule has 111 heavy (non-hydrogen) atoms. The predicted molar refractivity (Wildman–Crippen MR) is 417 cm³/mol. The highest BCUT2D eigenvalue weighted by Gasteiger charge is 2.32. The number of ketones is 2. The van der Waals surface area contributed by atoms with Gasteiger partial charge in [0.15, 0.2) is 0 Å². The molecule has 26 N–H and O–H groups in total. The molecule has 34 nitrogen and oxygen atoms in total. The molecule has 0 heterocycles. The van der Waals surface area contributed by atoms with E-state index in [9.17, 15) is 77.6 Å². The summed E-state index contributed by atoms with van der Waals surface area (Å²) in [6.07, 6.45) is 3.03. The van der Waals surface area contributed by atoms with Crippen LogP contribution in [0.15, 0.2) is 158 Å². The minimum atomic E-state index is -1.87. The Hall–Kier alpha value is -10.5. The molecule has 6 aromatic rings. The van der Waals surface area contributed by atoms with Crippen LogP contribution in [0.5, 0.6) is 0 Å². The average Bonchev–Trinajstić information content (AvgIpc) is 0.836. The molecule has 0 bridgehead atoms. The van der Waals surface area contributed by atoms with E-state index in [2.05, 4.69) is 31.9 Å². The van der Waals surface area contributed by atoms with E-state index < -0.39 is 114 Å². The molecule has 0 saturated carbocycles. The zero-order valence-corrected chi connectivity index (χ0v) is 62.1. The molecule has 0 aliphatic rings. The van der Waals surface area contributed by atoms with Crippen LogP contribution in [0.3, 0.4) is 0 Å². The van der Waals surface area contributed by atoms with Crippen LogP contribution >= 0.6 is 0 Å². The third-order valence-corrected chi connectivity index (χ3v) is 15.4. The lowest BCUT2D eigenvalue weighted by molar-refractivity contribution is -0.123. The highest BCUT2D eigenvalue weighted by molar-refractivity contribution is 6.46. The normalized spacial score (nSPS) is 11.8. The molecule has 10 amide bonds. The fraction of sp³-hybridized carbons (Fsp3) is 0.352. The van der Waals surface area contributed by atoms with Gasteiger partial charge in [0, 0.05) is 75.3 Å². The molecule has 40 heteroatoms. The molecule has 0 aliphatic carbocycles. The van der Waals surface area contributed by atoms with Crippen LogP contribution < -0.4 is 54.8 Å². The number of hydrogen-bond acceptors (Lipinski definition) is 24.